The number of nitrogens with zero attached hydrogens (tertiary/aromatic N) is 1. The number of phosphoric acid groups is 1. The monoisotopic (exact) mass is 562 g/mol. The van der Waals surface area contributed by atoms with Crippen molar-refractivity contribution in [1.29, 1.82) is 0 Å². The van der Waals surface area contributed by atoms with E-state index in [0.717, 1.165) is 38.5 Å². The molecule has 0 saturated carbocycles. The van der Waals surface area contributed by atoms with Crippen LogP contribution in [0.4, 0.5) is 0 Å². The van der Waals surface area contributed by atoms with Crippen LogP contribution in [0, 0.1) is 0 Å². The number of aliphatic hydroxyl groups excluding tert-OH is 1. The van der Waals surface area contributed by atoms with Crippen molar-refractivity contribution in [2.75, 3.05) is 40.9 Å². The first-order valence-corrected chi connectivity index (χ1v) is 16.5. The van der Waals surface area contributed by atoms with E-state index in [4.69, 9.17) is 9.05 Å². The average Bonchev–Trinajstić information content (AvgIpc) is 2.84. The molecule has 0 aliphatic rings. The minimum Gasteiger partial charge on any atom is -0.756 e. The SMILES string of the molecule is CCCCCCCCC/C=C/C(O)C(COP(=O)([O-])OCC[N+](C)(C)C)NC(=O)CCCCCCCCC. The van der Waals surface area contributed by atoms with Gasteiger partial charge in [0.2, 0.25) is 5.91 Å². The van der Waals surface area contributed by atoms with E-state index in [-0.39, 0.29) is 19.1 Å². The molecule has 38 heavy (non-hydrogen) atoms. The molecule has 3 atom stereocenters. The summed E-state index contributed by atoms with van der Waals surface area (Å²) in [7, 11) is 1.25. The third-order valence-corrected chi connectivity index (χ3v) is 7.46. The molecular formula is C29H59N2O6P. The molecule has 0 aromatic rings. The number of rotatable bonds is 26. The number of carbonyl (C=O) groups excluding carboxylic acids is 1. The van der Waals surface area contributed by atoms with E-state index < -0.39 is 20.0 Å². The van der Waals surface area contributed by atoms with Crippen LogP contribution in [-0.4, -0.2) is 68.5 Å². The van der Waals surface area contributed by atoms with Crippen molar-refractivity contribution in [2.24, 2.45) is 0 Å². The van der Waals surface area contributed by atoms with Gasteiger partial charge in [-0.1, -0.05) is 103 Å². The Labute approximate surface area is 233 Å². The van der Waals surface area contributed by atoms with Crippen LogP contribution in [0.3, 0.4) is 0 Å². The molecule has 0 aromatic carbocycles. The zero-order chi connectivity index (χ0) is 28.7. The summed E-state index contributed by atoms with van der Waals surface area (Å²) >= 11 is 0. The maximum Gasteiger partial charge on any atom is 0.268 e. The summed E-state index contributed by atoms with van der Waals surface area (Å²) in [4.78, 5) is 24.8. The first-order valence-electron chi connectivity index (χ1n) is 15.1. The molecular weight excluding hydrogens is 503 g/mol. The summed E-state index contributed by atoms with van der Waals surface area (Å²) in [5.74, 6) is -0.210. The van der Waals surface area contributed by atoms with Gasteiger partial charge in [-0.25, -0.2) is 0 Å². The van der Waals surface area contributed by atoms with E-state index in [0.29, 0.717) is 17.4 Å². The minimum absolute atomic E-state index is 0.000457. The van der Waals surface area contributed by atoms with Crippen LogP contribution >= 0.6 is 7.82 Å². The highest BCUT2D eigenvalue weighted by atomic mass is 31.2. The van der Waals surface area contributed by atoms with Gasteiger partial charge in [-0.15, -0.1) is 0 Å². The molecule has 8 nitrogen and oxygen atoms in total. The van der Waals surface area contributed by atoms with Crippen LogP contribution < -0.4 is 10.2 Å². The molecule has 0 saturated heterocycles. The number of hydrogen-bond donors (Lipinski definition) is 2. The molecule has 0 radical (unpaired) electrons. The maximum absolute atomic E-state index is 12.5. The van der Waals surface area contributed by atoms with Crippen LogP contribution in [0.2, 0.25) is 0 Å². The number of quaternary nitrogens is 1. The molecule has 0 bridgehead atoms. The van der Waals surface area contributed by atoms with Crippen molar-refractivity contribution < 1.29 is 32.9 Å². The van der Waals surface area contributed by atoms with Crippen molar-refractivity contribution >= 4 is 13.7 Å². The molecule has 0 aromatic heterocycles. The number of phosphoric ester groups is 1. The van der Waals surface area contributed by atoms with Crippen molar-refractivity contribution in [3.8, 4) is 0 Å². The molecule has 0 heterocycles. The molecule has 226 valence electrons. The lowest BCUT2D eigenvalue weighted by molar-refractivity contribution is -0.870. The molecule has 9 heteroatoms. The highest BCUT2D eigenvalue weighted by molar-refractivity contribution is 7.45. The first kappa shape index (κ1) is 37.2. The third kappa shape index (κ3) is 24.3. The van der Waals surface area contributed by atoms with Crippen LogP contribution in [-0.2, 0) is 18.4 Å². The largest absolute Gasteiger partial charge is 0.756 e. The molecule has 0 fully saturated rings. The van der Waals surface area contributed by atoms with Gasteiger partial charge in [-0.2, -0.15) is 0 Å². The lowest BCUT2D eigenvalue weighted by Gasteiger charge is -2.29. The number of nitrogens with one attached hydrogen (secondary N) is 1. The highest BCUT2D eigenvalue weighted by Gasteiger charge is 2.23. The number of aliphatic hydroxyl groups is 1. The molecule has 0 aliphatic carbocycles. The van der Waals surface area contributed by atoms with Gasteiger partial charge in [0.15, 0.2) is 0 Å². The Morgan fingerprint density at radius 1 is 0.895 bits per heavy atom. The maximum atomic E-state index is 12.5. The van der Waals surface area contributed by atoms with Crippen LogP contribution in [0.25, 0.3) is 0 Å². The van der Waals surface area contributed by atoms with Gasteiger partial charge < -0.3 is 28.8 Å². The van der Waals surface area contributed by atoms with Crippen LogP contribution in [0.15, 0.2) is 12.2 Å². The summed E-state index contributed by atoms with van der Waals surface area (Å²) in [5, 5.41) is 13.5. The zero-order valence-corrected chi connectivity index (χ0v) is 26.0. The fourth-order valence-electron chi connectivity index (χ4n) is 3.97. The van der Waals surface area contributed by atoms with Gasteiger partial charge in [0.05, 0.1) is 39.9 Å². The fourth-order valence-corrected chi connectivity index (χ4v) is 4.69. The van der Waals surface area contributed by atoms with Gasteiger partial charge >= 0.3 is 0 Å². The van der Waals surface area contributed by atoms with E-state index in [9.17, 15) is 19.4 Å². The van der Waals surface area contributed by atoms with Crippen molar-refractivity contribution in [3.05, 3.63) is 12.2 Å². The number of hydrogen-bond acceptors (Lipinski definition) is 6. The summed E-state index contributed by atoms with van der Waals surface area (Å²) in [6, 6.07) is -0.873. The summed E-state index contributed by atoms with van der Waals surface area (Å²) in [6.07, 6.45) is 19.9. The second-order valence-corrected chi connectivity index (χ2v) is 12.9. The van der Waals surface area contributed by atoms with E-state index >= 15 is 0 Å². The van der Waals surface area contributed by atoms with Gasteiger partial charge in [0.25, 0.3) is 7.82 Å². The number of likely N-dealkylation sites (N-methyl/N-ethyl adjacent to an activating group) is 1. The summed E-state index contributed by atoms with van der Waals surface area (Å²) < 4.78 is 22.8. The van der Waals surface area contributed by atoms with Gasteiger partial charge in [0.1, 0.15) is 13.2 Å². The fraction of sp³-hybridized carbons (Fsp3) is 0.897. The first-order chi connectivity index (χ1) is 18.0. The van der Waals surface area contributed by atoms with Crippen molar-refractivity contribution in [1.82, 2.24) is 5.32 Å². The summed E-state index contributed by atoms with van der Waals surface area (Å²) in [6.45, 7) is 4.52. The second kappa shape index (κ2) is 23.0. The van der Waals surface area contributed by atoms with Gasteiger partial charge in [-0.3, -0.25) is 9.36 Å². The highest BCUT2D eigenvalue weighted by Crippen LogP contribution is 2.38. The zero-order valence-electron chi connectivity index (χ0n) is 25.1. The normalized spacial score (nSPS) is 15.4. The van der Waals surface area contributed by atoms with Crippen molar-refractivity contribution in [3.63, 3.8) is 0 Å². The Morgan fingerprint density at radius 2 is 1.42 bits per heavy atom. The molecule has 0 spiro atoms. The Bertz CT molecular complexity index is 653. The second-order valence-electron chi connectivity index (χ2n) is 11.5. The summed E-state index contributed by atoms with van der Waals surface area (Å²) in [5.41, 5.74) is 0. The lowest BCUT2D eigenvalue weighted by atomic mass is 10.1. The quantitative estimate of drug-likeness (QED) is 0.0590. The number of carbonyl (C=O) groups is 1. The Morgan fingerprint density at radius 3 is 1.97 bits per heavy atom. The Hall–Kier alpha value is -0.760. The van der Waals surface area contributed by atoms with Gasteiger partial charge in [0, 0.05) is 6.42 Å². The Kier molecular flexibility index (Phi) is 22.5. The van der Waals surface area contributed by atoms with Crippen molar-refractivity contribution in [2.45, 2.75) is 129 Å². The predicted octanol–water partition coefficient (Wildman–Crippen LogP) is 5.88. The molecule has 3 unspecified atom stereocenters. The molecule has 2 N–H and O–H groups in total. The topological polar surface area (TPSA) is 108 Å². The van der Waals surface area contributed by atoms with Crippen LogP contribution in [0.1, 0.15) is 117 Å². The minimum atomic E-state index is -4.55. The number of amides is 1. The number of allylic oxidation sites excluding steroid dienone is 1. The standard InChI is InChI=1S/C29H59N2O6P/c1-6-8-10-12-14-15-17-18-20-22-28(32)27(26-37-38(34,35)36-25-24-31(3,4)5)30-29(33)23-21-19-16-13-11-9-7-2/h20,22,27-28,32H,6-19,21,23-26H2,1-5H3,(H-,30,33,34,35)/b22-20+. The number of unbranched alkanes of at least 4 members (excludes halogenated alkanes) is 13. The Balaban J connectivity index is 4.71. The lowest BCUT2D eigenvalue weighted by Crippen LogP contribution is -2.45. The molecule has 0 rings (SSSR count). The smallest absolute Gasteiger partial charge is 0.268 e. The molecule has 1 amide bonds. The predicted molar refractivity (Wildman–Crippen MR) is 155 cm³/mol. The van der Waals surface area contributed by atoms with Crippen LogP contribution in [0.5, 0.6) is 0 Å². The van der Waals surface area contributed by atoms with E-state index in [1.54, 1.807) is 6.08 Å². The van der Waals surface area contributed by atoms with Gasteiger partial charge in [-0.05, 0) is 19.3 Å². The average molecular weight is 563 g/mol. The molecule has 0 aliphatic heterocycles. The van der Waals surface area contributed by atoms with E-state index in [1.165, 1.54) is 57.8 Å². The van der Waals surface area contributed by atoms with E-state index in [1.807, 2.05) is 27.2 Å². The van der Waals surface area contributed by atoms with E-state index in [2.05, 4.69) is 19.2 Å². The third-order valence-electron chi connectivity index (χ3n) is 6.50.